The number of amidine groups is 1. The zero-order valence-corrected chi connectivity index (χ0v) is 12.0. The second kappa shape index (κ2) is 5.42. The highest BCUT2D eigenvalue weighted by molar-refractivity contribution is 5.93. The lowest BCUT2D eigenvalue weighted by atomic mass is 10.1. The first kappa shape index (κ1) is 15.1. The molecule has 0 aliphatic carbocycles. The number of rotatable bonds is 2. The van der Waals surface area contributed by atoms with E-state index in [1.165, 1.54) is 12.1 Å². The van der Waals surface area contributed by atoms with E-state index in [-0.39, 0.29) is 11.7 Å². The highest BCUT2D eigenvalue weighted by atomic mass is 19.4. The number of hydrogen-bond donors (Lipinski definition) is 2. The number of fused-ring (bicyclic) bond motifs is 1. The first-order valence-corrected chi connectivity index (χ1v) is 6.73. The molecule has 118 valence electrons. The van der Waals surface area contributed by atoms with Crippen molar-refractivity contribution in [1.29, 1.82) is 5.41 Å². The van der Waals surface area contributed by atoms with Crippen LogP contribution in [0.15, 0.2) is 46.9 Å². The molecule has 0 radical (unpaired) electrons. The van der Waals surface area contributed by atoms with Crippen molar-refractivity contribution in [2.75, 3.05) is 5.32 Å². The summed E-state index contributed by atoms with van der Waals surface area (Å²) >= 11 is 0. The first-order valence-electron chi connectivity index (χ1n) is 6.73. The molecule has 0 saturated heterocycles. The van der Waals surface area contributed by atoms with Crippen molar-refractivity contribution in [2.45, 2.75) is 13.1 Å². The third-order valence-corrected chi connectivity index (χ3v) is 3.18. The third-order valence-electron chi connectivity index (χ3n) is 3.18. The van der Waals surface area contributed by atoms with Crippen LogP contribution in [0.5, 0.6) is 0 Å². The minimum atomic E-state index is -4.37. The average Bonchev–Trinajstić information content (AvgIpc) is 2.89. The molecule has 1 aromatic heterocycles. The van der Waals surface area contributed by atoms with Crippen LogP contribution in [0.25, 0.3) is 22.6 Å². The number of oxazole rings is 1. The molecule has 4 nitrogen and oxygen atoms in total. The fraction of sp³-hybridized carbons (Fsp3) is 0.125. The van der Waals surface area contributed by atoms with Crippen molar-refractivity contribution in [2.24, 2.45) is 0 Å². The molecule has 0 fully saturated rings. The Balaban J connectivity index is 1.95. The molecule has 0 unspecified atom stereocenters. The summed E-state index contributed by atoms with van der Waals surface area (Å²) in [5.74, 6) is 0.532. The SMILES string of the molecule is CC(=N)Nc1ccc2nc(-c3ccc(C(F)(F)F)cc3)oc2c1. The predicted octanol–water partition coefficient (Wildman–Crippen LogP) is 4.92. The maximum atomic E-state index is 12.6. The number of hydrogen-bond acceptors (Lipinski definition) is 3. The smallest absolute Gasteiger partial charge is 0.416 e. The van der Waals surface area contributed by atoms with Gasteiger partial charge in [0.05, 0.1) is 11.4 Å². The van der Waals surface area contributed by atoms with Crippen molar-refractivity contribution in [3.8, 4) is 11.5 Å². The van der Waals surface area contributed by atoms with Crippen LogP contribution in [-0.4, -0.2) is 10.8 Å². The van der Waals surface area contributed by atoms with Gasteiger partial charge in [0.25, 0.3) is 0 Å². The highest BCUT2D eigenvalue weighted by Gasteiger charge is 2.30. The van der Waals surface area contributed by atoms with Crippen LogP contribution in [0, 0.1) is 5.41 Å². The van der Waals surface area contributed by atoms with E-state index >= 15 is 0 Å². The summed E-state index contributed by atoms with van der Waals surface area (Å²) in [6, 6.07) is 9.80. The second-order valence-electron chi connectivity index (χ2n) is 5.03. The van der Waals surface area contributed by atoms with Gasteiger partial charge in [0.15, 0.2) is 5.58 Å². The average molecular weight is 319 g/mol. The molecule has 0 atom stereocenters. The summed E-state index contributed by atoms with van der Waals surface area (Å²) in [6.07, 6.45) is -4.37. The van der Waals surface area contributed by atoms with Crippen LogP contribution < -0.4 is 5.32 Å². The van der Waals surface area contributed by atoms with Gasteiger partial charge in [-0.3, -0.25) is 5.41 Å². The summed E-state index contributed by atoms with van der Waals surface area (Å²) in [7, 11) is 0. The topological polar surface area (TPSA) is 61.9 Å². The normalized spacial score (nSPS) is 11.7. The van der Waals surface area contributed by atoms with E-state index in [0.717, 1.165) is 12.1 Å². The highest BCUT2D eigenvalue weighted by Crippen LogP contribution is 2.32. The van der Waals surface area contributed by atoms with Crippen molar-refractivity contribution < 1.29 is 17.6 Å². The predicted molar refractivity (Wildman–Crippen MR) is 81.5 cm³/mol. The fourth-order valence-electron chi connectivity index (χ4n) is 2.14. The number of nitrogens with one attached hydrogen (secondary N) is 2. The van der Waals surface area contributed by atoms with Crippen molar-refractivity contribution in [1.82, 2.24) is 4.98 Å². The molecule has 0 aliphatic heterocycles. The lowest BCUT2D eigenvalue weighted by Gasteiger charge is -2.05. The molecule has 0 saturated carbocycles. The maximum absolute atomic E-state index is 12.6. The summed E-state index contributed by atoms with van der Waals surface area (Å²) < 4.78 is 43.3. The quantitative estimate of drug-likeness (QED) is 0.520. The van der Waals surface area contributed by atoms with Crippen molar-refractivity contribution >= 4 is 22.6 Å². The van der Waals surface area contributed by atoms with Gasteiger partial charge >= 0.3 is 6.18 Å². The Hall–Kier alpha value is -2.83. The van der Waals surface area contributed by atoms with Crippen LogP contribution in [0.1, 0.15) is 12.5 Å². The van der Waals surface area contributed by atoms with Crippen molar-refractivity contribution in [3.63, 3.8) is 0 Å². The molecular formula is C16H12F3N3O. The molecule has 2 N–H and O–H groups in total. The fourth-order valence-corrected chi connectivity index (χ4v) is 2.14. The van der Waals surface area contributed by atoms with Gasteiger partial charge in [0.1, 0.15) is 5.52 Å². The molecule has 0 amide bonds. The van der Waals surface area contributed by atoms with Gasteiger partial charge in [-0.05, 0) is 43.3 Å². The molecule has 23 heavy (non-hydrogen) atoms. The lowest BCUT2D eigenvalue weighted by Crippen LogP contribution is -2.04. The van der Waals surface area contributed by atoms with Crippen LogP contribution >= 0.6 is 0 Å². The van der Waals surface area contributed by atoms with E-state index in [0.29, 0.717) is 22.4 Å². The second-order valence-corrected chi connectivity index (χ2v) is 5.03. The summed E-state index contributed by atoms with van der Waals surface area (Å²) in [5, 5.41) is 10.2. The number of benzene rings is 2. The van der Waals surface area contributed by atoms with Gasteiger partial charge in [0.2, 0.25) is 5.89 Å². The zero-order valence-electron chi connectivity index (χ0n) is 12.0. The number of alkyl halides is 3. The number of aromatic nitrogens is 1. The van der Waals surface area contributed by atoms with Crippen LogP contribution in [0.4, 0.5) is 18.9 Å². The van der Waals surface area contributed by atoms with E-state index in [1.54, 1.807) is 25.1 Å². The van der Waals surface area contributed by atoms with E-state index in [9.17, 15) is 13.2 Å². The van der Waals surface area contributed by atoms with E-state index in [4.69, 9.17) is 9.83 Å². The van der Waals surface area contributed by atoms with E-state index < -0.39 is 11.7 Å². The van der Waals surface area contributed by atoms with E-state index in [2.05, 4.69) is 10.3 Å². The molecule has 0 spiro atoms. The summed E-state index contributed by atoms with van der Waals surface area (Å²) in [6.45, 7) is 1.61. The molecule has 2 aromatic carbocycles. The molecular weight excluding hydrogens is 307 g/mol. The Morgan fingerprint density at radius 1 is 1.13 bits per heavy atom. The Kier molecular flexibility index (Phi) is 3.55. The largest absolute Gasteiger partial charge is 0.436 e. The minimum absolute atomic E-state index is 0.248. The molecule has 7 heteroatoms. The molecule has 0 aliphatic rings. The van der Waals surface area contributed by atoms with Gasteiger partial charge in [-0.15, -0.1) is 0 Å². The Bertz CT molecular complexity index is 866. The molecule has 0 bridgehead atoms. The standard InChI is InChI=1S/C16H12F3N3O/c1-9(20)21-12-6-7-13-14(8-12)23-15(22-13)10-2-4-11(5-3-10)16(17,18)19/h2-8H,1H3,(H2,20,21). The molecule has 1 heterocycles. The van der Waals surface area contributed by atoms with Gasteiger partial charge in [-0.2, -0.15) is 13.2 Å². The van der Waals surface area contributed by atoms with E-state index in [1.807, 2.05) is 0 Å². The number of nitrogens with zero attached hydrogens (tertiary/aromatic N) is 1. The maximum Gasteiger partial charge on any atom is 0.416 e. The van der Waals surface area contributed by atoms with Gasteiger partial charge in [-0.1, -0.05) is 0 Å². The van der Waals surface area contributed by atoms with Crippen molar-refractivity contribution in [3.05, 3.63) is 48.0 Å². The molecule has 3 aromatic rings. The lowest BCUT2D eigenvalue weighted by molar-refractivity contribution is -0.137. The van der Waals surface area contributed by atoms with Gasteiger partial charge < -0.3 is 9.73 Å². The van der Waals surface area contributed by atoms with Crippen LogP contribution in [0.3, 0.4) is 0 Å². The minimum Gasteiger partial charge on any atom is -0.436 e. The van der Waals surface area contributed by atoms with Crippen LogP contribution in [-0.2, 0) is 6.18 Å². The summed E-state index contributed by atoms with van der Waals surface area (Å²) in [5.41, 5.74) is 1.51. The number of halogens is 3. The Labute approximate surface area is 129 Å². The van der Waals surface area contributed by atoms with Gasteiger partial charge in [-0.25, -0.2) is 4.98 Å². The monoisotopic (exact) mass is 319 g/mol. The first-order chi connectivity index (χ1) is 10.8. The third kappa shape index (κ3) is 3.18. The Morgan fingerprint density at radius 2 is 1.83 bits per heavy atom. The molecule has 3 rings (SSSR count). The van der Waals surface area contributed by atoms with Gasteiger partial charge in [0, 0.05) is 17.3 Å². The Morgan fingerprint density at radius 3 is 2.43 bits per heavy atom. The summed E-state index contributed by atoms with van der Waals surface area (Å²) in [4.78, 5) is 4.27. The zero-order chi connectivity index (χ0) is 16.6. The number of anilines is 1. The van der Waals surface area contributed by atoms with Crippen LogP contribution in [0.2, 0.25) is 0 Å².